The predicted octanol–water partition coefficient (Wildman–Crippen LogP) is 2.95. The minimum Gasteiger partial charge on any atom is -0.496 e. The quantitative estimate of drug-likeness (QED) is 0.595. The van der Waals surface area contributed by atoms with E-state index in [1.165, 1.54) is 7.11 Å². The van der Waals surface area contributed by atoms with Gasteiger partial charge in [0.15, 0.2) is 0 Å². The molecule has 0 unspecified atom stereocenters. The van der Waals surface area contributed by atoms with Gasteiger partial charge in [0.2, 0.25) is 0 Å². The van der Waals surface area contributed by atoms with Crippen molar-refractivity contribution in [3.8, 4) is 5.75 Å². The number of ether oxygens (including phenoxy) is 1. The van der Waals surface area contributed by atoms with Crippen LogP contribution >= 0.6 is 0 Å². The second kappa shape index (κ2) is 6.36. The van der Waals surface area contributed by atoms with Crippen molar-refractivity contribution in [1.82, 2.24) is 9.99 Å². The number of nitrogens with zero attached hydrogens (tertiary/aromatic N) is 2. The first-order valence-corrected chi connectivity index (χ1v) is 7.21. The van der Waals surface area contributed by atoms with E-state index in [2.05, 4.69) is 10.5 Å². The maximum Gasteiger partial charge on any atom is 0.275 e. The molecule has 2 aromatic carbocycles. The number of para-hydroxylation sites is 2. The third-order valence-corrected chi connectivity index (χ3v) is 3.65. The topological polar surface area (TPSA) is 55.6 Å². The molecule has 23 heavy (non-hydrogen) atoms. The summed E-state index contributed by atoms with van der Waals surface area (Å²) in [5, 5.41) is 5.15. The number of methoxy groups -OCH3 is 1. The van der Waals surface area contributed by atoms with Gasteiger partial charge in [-0.15, -0.1) is 0 Å². The van der Waals surface area contributed by atoms with Crippen LogP contribution in [0.5, 0.6) is 5.75 Å². The normalized spacial score (nSPS) is 11.0. The lowest BCUT2D eigenvalue weighted by Crippen LogP contribution is -2.18. The van der Waals surface area contributed by atoms with Gasteiger partial charge in [-0.05, 0) is 18.2 Å². The molecule has 3 rings (SSSR count). The van der Waals surface area contributed by atoms with Crippen molar-refractivity contribution in [3.05, 3.63) is 65.9 Å². The Kier molecular flexibility index (Phi) is 4.10. The van der Waals surface area contributed by atoms with Crippen LogP contribution in [0.2, 0.25) is 0 Å². The third-order valence-electron chi connectivity index (χ3n) is 3.65. The number of carbonyl (C=O) groups is 1. The van der Waals surface area contributed by atoms with E-state index in [0.717, 1.165) is 16.5 Å². The number of hydrazone groups is 1. The fraction of sp³-hybridized carbons (Fsp3) is 0.111. The van der Waals surface area contributed by atoms with Gasteiger partial charge in [-0.3, -0.25) is 4.79 Å². The number of carbonyl (C=O) groups excluding carboxylic acids is 1. The molecule has 5 heteroatoms. The van der Waals surface area contributed by atoms with Crippen LogP contribution in [0.15, 0.2) is 59.8 Å². The van der Waals surface area contributed by atoms with Crippen LogP contribution in [-0.2, 0) is 7.05 Å². The van der Waals surface area contributed by atoms with Crippen LogP contribution < -0.4 is 10.2 Å². The summed E-state index contributed by atoms with van der Waals surface area (Å²) in [6.07, 6.45) is 3.62. The summed E-state index contributed by atoms with van der Waals surface area (Å²) in [6.45, 7) is 0. The molecule has 0 aliphatic heterocycles. The minimum absolute atomic E-state index is 0.307. The van der Waals surface area contributed by atoms with E-state index < -0.39 is 0 Å². The Bertz CT molecular complexity index is 881. The van der Waals surface area contributed by atoms with E-state index in [1.807, 2.05) is 48.1 Å². The van der Waals surface area contributed by atoms with Crippen LogP contribution in [-0.4, -0.2) is 23.8 Å². The molecule has 1 heterocycles. The number of benzene rings is 2. The molecule has 1 aromatic heterocycles. The van der Waals surface area contributed by atoms with Crippen LogP contribution in [0.4, 0.5) is 0 Å². The smallest absolute Gasteiger partial charge is 0.275 e. The Hall–Kier alpha value is -3.08. The maximum absolute atomic E-state index is 12.2. The lowest BCUT2D eigenvalue weighted by Gasteiger charge is -2.05. The summed E-state index contributed by atoms with van der Waals surface area (Å²) < 4.78 is 7.20. The zero-order valence-corrected chi connectivity index (χ0v) is 13.0. The second-order valence-electron chi connectivity index (χ2n) is 5.11. The molecule has 0 fully saturated rings. The molecule has 0 saturated carbocycles. The Labute approximate surface area is 134 Å². The van der Waals surface area contributed by atoms with Crippen molar-refractivity contribution in [2.45, 2.75) is 0 Å². The Morgan fingerprint density at radius 1 is 1.17 bits per heavy atom. The molecule has 0 saturated heterocycles. The molecule has 1 N–H and O–H groups in total. The highest BCUT2D eigenvalue weighted by molar-refractivity contribution is 6.01. The van der Waals surface area contributed by atoms with Gasteiger partial charge < -0.3 is 9.30 Å². The molecule has 0 bridgehead atoms. The molecule has 116 valence electrons. The van der Waals surface area contributed by atoms with Gasteiger partial charge in [-0.25, -0.2) is 5.43 Å². The number of aromatic nitrogens is 1. The van der Waals surface area contributed by atoms with Crippen molar-refractivity contribution >= 4 is 23.0 Å². The number of nitrogens with one attached hydrogen (secondary N) is 1. The van der Waals surface area contributed by atoms with Crippen molar-refractivity contribution in [2.75, 3.05) is 7.11 Å². The Balaban J connectivity index is 1.79. The van der Waals surface area contributed by atoms with Gasteiger partial charge in [-0.1, -0.05) is 30.3 Å². The largest absolute Gasteiger partial charge is 0.496 e. The Morgan fingerprint density at radius 3 is 2.74 bits per heavy atom. The number of rotatable bonds is 4. The van der Waals surface area contributed by atoms with E-state index in [0.29, 0.717) is 11.3 Å². The highest BCUT2D eigenvalue weighted by Gasteiger charge is 2.10. The number of fused-ring (bicyclic) bond motifs is 1. The van der Waals surface area contributed by atoms with E-state index in [-0.39, 0.29) is 5.91 Å². The Morgan fingerprint density at radius 2 is 1.91 bits per heavy atom. The van der Waals surface area contributed by atoms with Crippen LogP contribution in [0, 0.1) is 0 Å². The van der Waals surface area contributed by atoms with Gasteiger partial charge in [0.05, 0.1) is 18.9 Å². The van der Waals surface area contributed by atoms with E-state index in [1.54, 1.807) is 24.4 Å². The van der Waals surface area contributed by atoms with Crippen LogP contribution in [0.25, 0.3) is 10.9 Å². The SMILES string of the molecule is COc1ccccc1C(=O)N/N=C/c1cn(C)c2ccccc12. The van der Waals surface area contributed by atoms with Gasteiger partial charge >= 0.3 is 0 Å². The standard InChI is InChI=1S/C18H17N3O2/c1-21-12-13(14-7-3-5-9-16(14)21)11-19-20-18(22)15-8-4-6-10-17(15)23-2/h3-12H,1-2H3,(H,20,22)/b19-11+. The summed E-state index contributed by atoms with van der Waals surface area (Å²) in [4.78, 5) is 12.2. The van der Waals surface area contributed by atoms with Crippen LogP contribution in [0.1, 0.15) is 15.9 Å². The van der Waals surface area contributed by atoms with Gasteiger partial charge in [-0.2, -0.15) is 5.10 Å². The highest BCUT2D eigenvalue weighted by atomic mass is 16.5. The first kappa shape index (κ1) is 14.8. The van der Waals surface area contributed by atoms with Crippen molar-refractivity contribution in [3.63, 3.8) is 0 Å². The fourth-order valence-electron chi connectivity index (χ4n) is 2.53. The summed E-state index contributed by atoms with van der Waals surface area (Å²) in [7, 11) is 3.51. The van der Waals surface area contributed by atoms with Gasteiger partial charge in [0.25, 0.3) is 5.91 Å². The molecule has 0 aliphatic carbocycles. The first-order chi connectivity index (χ1) is 11.2. The average molecular weight is 307 g/mol. The molecule has 3 aromatic rings. The van der Waals surface area contributed by atoms with Crippen molar-refractivity contribution in [2.24, 2.45) is 12.1 Å². The molecule has 1 amide bonds. The number of aryl methyl sites for hydroxylation is 1. The molecule has 0 atom stereocenters. The molecular formula is C18H17N3O2. The van der Waals surface area contributed by atoms with Gasteiger partial charge in [0, 0.05) is 29.7 Å². The third kappa shape index (κ3) is 2.94. The summed E-state index contributed by atoms with van der Waals surface area (Å²) >= 11 is 0. The lowest BCUT2D eigenvalue weighted by atomic mass is 10.2. The number of hydrogen-bond acceptors (Lipinski definition) is 3. The fourth-order valence-corrected chi connectivity index (χ4v) is 2.53. The van der Waals surface area contributed by atoms with E-state index in [9.17, 15) is 4.79 Å². The van der Waals surface area contributed by atoms with Gasteiger partial charge in [0.1, 0.15) is 5.75 Å². The zero-order valence-electron chi connectivity index (χ0n) is 13.0. The minimum atomic E-state index is -0.307. The van der Waals surface area contributed by atoms with Crippen LogP contribution in [0.3, 0.4) is 0 Å². The molecular weight excluding hydrogens is 290 g/mol. The van der Waals surface area contributed by atoms with Crippen molar-refractivity contribution in [1.29, 1.82) is 0 Å². The van der Waals surface area contributed by atoms with Crippen molar-refractivity contribution < 1.29 is 9.53 Å². The summed E-state index contributed by atoms with van der Waals surface area (Å²) in [6, 6.07) is 15.1. The molecule has 0 radical (unpaired) electrons. The predicted molar refractivity (Wildman–Crippen MR) is 91.0 cm³/mol. The number of amides is 1. The average Bonchev–Trinajstić information content (AvgIpc) is 2.91. The summed E-state index contributed by atoms with van der Waals surface area (Å²) in [5.74, 6) is 0.212. The highest BCUT2D eigenvalue weighted by Crippen LogP contribution is 2.19. The number of hydrogen-bond donors (Lipinski definition) is 1. The first-order valence-electron chi connectivity index (χ1n) is 7.21. The molecule has 5 nitrogen and oxygen atoms in total. The monoisotopic (exact) mass is 307 g/mol. The van der Waals surface area contributed by atoms with E-state index >= 15 is 0 Å². The lowest BCUT2D eigenvalue weighted by molar-refractivity contribution is 0.0952. The van der Waals surface area contributed by atoms with E-state index in [4.69, 9.17) is 4.74 Å². The second-order valence-corrected chi connectivity index (χ2v) is 5.11. The molecule has 0 spiro atoms. The maximum atomic E-state index is 12.2. The zero-order chi connectivity index (χ0) is 16.2. The molecule has 0 aliphatic rings. The summed E-state index contributed by atoms with van der Waals surface area (Å²) in [5.41, 5.74) is 5.05.